The zero-order valence-electron chi connectivity index (χ0n) is 23.4. The summed E-state index contributed by atoms with van der Waals surface area (Å²) in [6, 6.07) is 7.15. The SMILES string of the molecule is CC(F)(F)c1ccnc(C(=O)O)c1.CCOC(=O)c1cc(C(C)(F)F)ccn1.CCOC(=O)c1cc(C(C)=O)ccn1. The van der Waals surface area contributed by atoms with Gasteiger partial charge in [-0.2, -0.15) is 0 Å². The van der Waals surface area contributed by atoms with Gasteiger partial charge in [0.15, 0.2) is 5.78 Å². The standard InChI is InChI=1S/C10H11F2NO2.C10H11NO3.C8H7F2NO2/c1-3-15-9(14)8-6-7(4-5-13-8)10(2,11)12;1-3-14-10(13)9-6-8(7(2)12)4-5-11-9;1-8(9,10)5-2-3-11-6(4-5)7(12)13/h4-6H,3H2,1-2H3;4-6H,3H2,1-2H3;2-4H,1H3,(H,12,13). The van der Waals surface area contributed by atoms with Crippen molar-refractivity contribution in [3.05, 3.63) is 88.8 Å². The number of ketones is 1. The predicted molar refractivity (Wildman–Crippen MR) is 141 cm³/mol. The summed E-state index contributed by atoms with van der Waals surface area (Å²) in [6.07, 6.45) is 3.64. The molecule has 10 nitrogen and oxygen atoms in total. The summed E-state index contributed by atoms with van der Waals surface area (Å²) in [5, 5.41) is 8.47. The van der Waals surface area contributed by atoms with Gasteiger partial charge in [0, 0.05) is 49.1 Å². The summed E-state index contributed by atoms with van der Waals surface area (Å²) in [5.74, 6) is -8.62. The fraction of sp³-hybridized carbons (Fsp3) is 0.321. The molecular weight excluding hydrogens is 566 g/mol. The predicted octanol–water partition coefficient (Wildman–Crippen LogP) is 5.72. The van der Waals surface area contributed by atoms with Gasteiger partial charge in [-0.05, 0) is 57.2 Å². The molecule has 0 radical (unpaired) electrons. The molecule has 0 fully saturated rings. The Bertz CT molecular complexity index is 1390. The molecule has 1 N–H and O–H groups in total. The lowest BCUT2D eigenvalue weighted by atomic mass is 10.1. The molecule has 42 heavy (non-hydrogen) atoms. The number of hydrogen-bond donors (Lipinski definition) is 1. The molecule has 0 saturated carbocycles. The van der Waals surface area contributed by atoms with Crippen LogP contribution in [0, 0.1) is 0 Å². The largest absolute Gasteiger partial charge is 0.477 e. The van der Waals surface area contributed by atoms with Crippen molar-refractivity contribution in [3.8, 4) is 0 Å². The number of carboxylic acids is 1. The molecule has 0 aromatic carbocycles. The number of halogens is 4. The van der Waals surface area contributed by atoms with E-state index >= 15 is 0 Å². The van der Waals surface area contributed by atoms with Crippen molar-refractivity contribution in [2.75, 3.05) is 13.2 Å². The van der Waals surface area contributed by atoms with E-state index in [2.05, 4.69) is 19.7 Å². The zero-order valence-corrected chi connectivity index (χ0v) is 23.4. The number of Topliss-reactive ketones (excluding diaryl/α,β-unsaturated/α-hetero) is 1. The number of esters is 2. The van der Waals surface area contributed by atoms with Crippen LogP contribution in [0.25, 0.3) is 0 Å². The summed E-state index contributed by atoms with van der Waals surface area (Å²) in [4.78, 5) is 54.7. The van der Waals surface area contributed by atoms with Crippen molar-refractivity contribution >= 4 is 23.7 Å². The molecule has 0 amide bonds. The van der Waals surface area contributed by atoms with Crippen molar-refractivity contribution in [1.82, 2.24) is 15.0 Å². The average Bonchev–Trinajstić information content (AvgIpc) is 2.93. The van der Waals surface area contributed by atoms with Gasteiger partial charge < -0.3 is 14.6 Å². The van der Waals surface area contributed by atoms with Crippen LogP contribution in [0.2, 0.25) is 0 Å². The number of rotatable bonds is 8. The Morgan fingerprint density at radius 3 is 1.48 bits per heavy atom. The molecular formula is C28H29F4N3O7. The number of hydrogen-bond acceptors (Lipinski definition) is 9. The maximum atomic E-state index is 12.9. The van der Waals surface area contributed by atoms with Crippen molar-refractivity contribution < 1.29 is 51.3 Å². The third-order valence-corrected chi connectivity index (χ3v) is 4.89. The fourth-order valence-corrected chi connectivity index (χ4v) is 2.81. The summed E-state index contributed by atoms with van der Waals surface area (Å²) in [7, 11) is 0. The van der Waals surface area contributed by atoms with E-state index in [0.717, 1.165) is 31.3 Å². The Morgan fingerprint density at radius 1 is 0.714 bits per heavy atom. The summed E-state index contributed by atoms with van der Waals surface area (Å²) >= 11 is 0. The second-order valence-corrected chi connectivity index (χ2v) is 8.37. The number of carbonyl (C=O) groups excluding carboxylic acids is 3. The van der Waals surface area contributed by atoms with Gasteiger partial charge in [-0.15, -0.1) is 0 Å². The van der Waals surface area contributed by atoms with E-state index in [0.29, 0.717) is 19.1 Å². The van der Waals surface area contributed by atoms with Crippen LogP contribution < -0.4 is 0 Å². The topological polar surface area (TPSA) is 146 Å². The van der Waals surface area contributed by atoms with Crippen molar-refractivity contribution in [1.29, 1.82) is 0 Å². The van der Waals surface area contributed by atoms with Crippen LogP contribution in [0.4, 0.5) is 17.6 Å². The lowest BCUT2D eigenvalue weighted by Gasteiger charge is -2.10. The van der Waals surface area contributed by atoms with Crippen LogP contribution in [0.1, 0.15) is 87.6 Å². The Hall–Kier alpha value is -4.75. The Labute approximate surface area is 238 Å². The first-order valence-electron chi connectivity index (χ1n) is 12.2. The highest BCUT2D eigenvalue weighted by atomic mass is 19.3. The number of pyridine rings is 3. The minimum Gasteiger partial charge on any atom is -0.477 e. The Morgan fingerprint density at radius 2 is 1.10 bits per heavy atom. The molecule has 0 aliphatic rings. The number of ether oxygens (including phenoxy) is 2. The van der Waals surface area contributed by atoms with Crippen LogP contribution in [-0.4, -0.2) is 57.0 Å². The van der Waals surface area contributed by atoms with E-state index in [-0.39, 0.29) is 40.6 Å². The highest BCUT2D eigenvalue weighted by Gasteiger charge is 2.26. The second-order valence-electron chi connectivity index (χ2n) is 8.37. The molecule has 3 aromatic heterocycles. The number of alkyl halides is 4. The molecule has 3 rings (SSSR count). The smallest absolute Gasteiger partial charge is 0.356 e. The number of nitrogens with zero attached hydrogens (tertiary/aromatic N) is 3. The van der Waals surface area contributed by atoms with E-state index in [9.17, 15) is 36.7 Å². The Kier molecular flexibility index (Phi) is 13.3. The maximum absolute atomic E-state index is 12.9. The van der Waals surface area contributed by atoms with E-state index in [1.54, 1.807) is 19.9 Å². The molecule has 0 aliphatic heterocycles. The molecule has 226 valence electrons. The van der Waals surface area contributed by atoms with Crippen molar-refractivity contribution in [3.63, 3.8) is 0 Å². The van der Waals surface area contributed by atoms with Crippen molar-refractivity contribution in [2.24, 2.45) is 0 Å². The number of carboxylic acid groups (broad SMARTS) is 1. The first kappa shape index (κ1) is 35.3. The number of aromatic nitrogens is 3. The van der Waals surface area contributed by atoms with E-state index < -0.39 is 29.8 Å². The van der Waals surface area contributed by atoms with Gasteiger partial charge in [0.1, 0.15) is 17.1 Å². The normalized spacial score (nSPS) is 10.7. The van der Waals surface area contributed by atoms with E-state index in [4.69, 9.17) is 9.84 Å². The highest BCUT2D eigenvalue weighted by Crippen LogP contribution is 2.27. The van der Waals surface area contributed by atoms with Gasteiger partial charge in [-0.1, -0.05) is 0 Å². The fourth-order valence-electron chi connectivity index (χ4n) is 2.81. The minimum atomic E-state index is -3.03. The third kappa shape index (κ3) is 11.8. The highest BCUT2D eigenvalue weighted by molar-refractivity contribution is 5.96. The van der Waals surface area contributed by atoms with Crippen molar-refractivity contribution in [2.45, 2.75) is 46.5 Å². The maximum Gasteiger partial charge on any atom is 0.356 e. The van der Waals surface area contributed by atoms with E-state index in [1.165, 1.54) is 31.5 Å². The molecule has 0 aliphatic carbocycles. The van der Waals surface area contributed by atoms with Crippen LogP contribution >= 0.6 is 0 Å². The van der Waals surface area contributed by atoms with Gasteiger partial charge in [0.05, 0.1) is 13.2 Å². The summed E-state index contributed by atoms with van der Waals surface area (Å²) in [6.45, 7) is 6.73. The van der Waals surface area contributed by atoms with Gasteiger partial charge in [-0.25, -0.2) is 46.9 Å². The van der Waals surface area contributed by atoms with Crippen LogP contribution in [0.3, 0.4) is 0 Å². The van der Waals surface area contributed by atoms with Gasteiger partial charge in [-0.3, -0.25) is 4.79 Å². The van der Waals surface area contributed by atoms with Gasteiger partial charge in [0.2, 0.25) is 0 Å². The van der Waals surface area contributed by atoms with Gasteiger partial charge >= 0.3 is 17.9 Å². The molecule has 0 spiro atoms. The molecule has 14 heteroatoms. The van der Waals surface area contributed by atoms with Crippen LogP contribution in [0.5, 0.6) is 0 Å². The van der Waals surface area contributed by atoms with E-state index in [1.807, 2.05) is 0 Å². The summed E-state index contributed by atoms with van der Waals surface area (Å²) in [5.41, 5.74) is -0.446. The molecule has 0 atom stereocenters. The first-order valence-corrected chi connectivity index (χ1v) is 12.2. The molecule has 0 unspecified atom stereocenters. The molecule has 3 aromatic rings. The second kappa shape index (κ2) is 15.9. The lowest BCUT2D eigenvalue weighted by Crippen LogP contribution is -2.12. The number of aromatic carboxylic acids is 1. The zero-order chi connectivity index (χ0) is 32.1. The third-order valence-electron chi connectivity index (χ3n) is 4.89. The Balaban J connectivity index is 0.000000316. The minimum absolute atomic E-state index is 0.0991. The average molecular weight is 596 g/mol. The molecule has 0 saturated heterocycles. The lowest BCUT2D eigenvalue weighted by molar-refractivity contribution is 0.0165. The number of carbonyl (C=O) groups is 4. The molecule has 3 heterocycles. The van der Waals surface area contributed by atoms with Gasteiger partial charge in [0.25, 0.3) is 11.8 Å². The quantitative estimate of drug-likeness (QED) is 0.195. The molecule has 0 bridgehead atoms. The first-order chi connectivity index (χ1) is 19.5. The summed E-state index contributed by atoms with van der Waals surface area (Å²) < 4.78 is 60.6. The van der Waals surface area contributed by atoms with Crippen LogP contribution in [-0.2, 0) is 21.3 Å². The van der Waals surface area contributed by atoms with Crippen LogP contribution in [0.15, 0.2) is 55.0 Å². The monoisotopic (exact) mass is 595 g/mol.